The minimum atomic E-state index is -0.228. The molecule has 0 aliphatic heterocycles. The fourth-order valence-electron chi connectivity index (χ4n) is 2.04. The molecule has 0 aliphatic carbocycles. The summed E-state index contributed by atoms with van der Waals surface area (Å²) in [5.41, 5.74) is 0.295. The highest BCUT2D eigenvalue weighted by molar-refractivity contribution is 9.10. The van der Waals surface area contributed by atoms with Crippen LogP contribution < -0.4 is 10.9 Å². The molecule has 2 rings (SSSR count). The van der Waals surface area contributed by atoms with Crippen LogP contribution in [-0.2, 0) is 11.3 Å². The van der Waals surface area contributed by atoms with Crippen molar-refractivity contribution in [3.63, 3.8) is 0 Å². The Morgan fingerprint density at radius 2 is 2.14 bits per heavy atom. The number of aryl methyl sites for hydroxylation is 1. The summed E-state index contributed by atoms with van der Waals surface area (Å²) in [6.45, 7) is 6.30. The number of nitrogens with zero attached hydrogens (tertiary/aromatic N) is 2. The van der Waals surface area contributed by atoms with Crippen molar-refractivity contribution in [2.24, 2.45) is 0 Å². The summed E-state index contributed by atoms with van der Waals surface area (Å²) in [5.74, 6) is -0.0620. The first kappa shape index (κ1) is 16.7. The van der Waals surface area contributed by atoms with Crippen molar-refractivity contribution in [3.05, 3.63) is 39.4 Å². The molecule has 0 aliphatic rings. The lowest BCUT2D eigenvalue weighted by Crippen LogP contribution is -2.43. The van der Waals surface area contributed by atoms with Gasteiger partial charge in [0.15, 0.2) is 0 Å². The van der Waals surface area contributed by atoms with Crippen LogP contribution in [-0.4, -0.2) is 21.0 Å². The minimum Gasteiger partial charge on any atom is -0.351 e. The van der Waals surface area contributed by atoms with Gasteiger partial charge >= 0.3 is 0 Å². The first-order chi connectivity index (χ1) is 10.3. The summed E-state index contributed by atoms with van der Waals surface area (Å²) in [6.07, 6.45) is 2.60. The van der Waals surface area contributed by atoms with Crippen LogP contribution in [0, 0.1) is 0 Å². The van der Waals surface area contributed by atoms with Gasteiger partial charge in [0, 0.05) is 23.0 Å². The number of fused-ring (bicyclic) bond motifs is 1. The Balaban J connectivity index is 2.14. The van der Waals surface area contributed by atoms with Crippen molar-refractivity contribution in [2.75, 3.05) is 0 Å². The van der Waals surface area contributed by atoms with Gasteiger partial charge in [0.2, 0.25) is 5.91 Å². The Kier molecular flexibility index (Phi) is 5.01. The Morgan fingerprint density at radius 1 is 1.41 bits per heavy atom. The third-order valence-corrected chi connectivity index (χ3v) is 4.22. The molecule has 0 unspecified atom stereocenters. The molecule has 1 heterocycles. The van der Waals surface area contributed by atoms with E-state index >= 15 is 0 Å². The number of benzene rings is 1. The second-order valence-electron chi connectivity index (χ2n) is 5.94. The quantitative estimate of drug-likeness (QED) is 0.885. The van der Waals surface area contributed by atoms with Crippen LogP contribution in [0.15, 0.2) is 33.8 Å². The summed E-state index contributed by atoms with van der Waals surface area (Å²) in [7, 11) is 0. The largest absolute Gasteiger partial charge is 0.351 e. The number of carbonyl (C=O) groups is 1. The molecule has 1 amide bonds. The molecular formula is C16H20BrN3O2. The Morgan fingerprint density at radius 3 is 2.82 bits per heavy atom. The lowest BCUT2D eigenvalue weighted by atomic mass is 10.0. The van der Waals surface area contributed by atoms with Gasteiger partial charge < -0.3 is 5.32 Å². The maximum atomic E-state index is 12.4. The molecule has 0 saturated heterocycles. The minimum absolute atomic E-state index is 0.0620. The molecule has 1 N–H and O–H groups in total. The van der Waals surface area contributed by atoms with Gasteiger partial charge in [-0.3, -0.25) is 14.2 Å². The normalized spacial score (nSPS) is 11.6. The van der Waals surface area contributed by atoms with Crippen LogP contribution in [0.5, 0.6) is 0 Å². The van der Waals surface area contributed by atoms with E-state index < -0.39 is 0 Å². The van der Waals surface area contributed by atoms with Gasteiger partial charge in [-0.15, -0.1) is 0 Å². The lowest BCUT2D eigenvalue weighted by Gasteiger charge is -2.24. The van der Waals surface area contributed by atoms with Gasteiger partial charge in [-0.1, -0.05) is 22.9 Å². The monoisotopic (exact) mass is 365 g/mol. The number of nitrogens with one attached hydrogen (secondary N) is 1. The summed E-state index contributed by atoms with van der Waals surface area (Å²) >= 11 is 3.35. The van der Waals surface area contributed by atoms with E-state index in [0.29, 0.717) is 17.4 Å². The molecule has 6 heteroatoms. The van der Waals surface area contributed by atoms with Gasteiger partial charge in [-0.2, -0.15) is 0 Å². The summed E-state index contributed by atoms with van der Waals surface area (Å²) in [5, 5.41) is 3.51. The number of carbonyl (C=O) groups excluding carboxylic acids is 1. The van der Waals surface area contributed by atoms with Gasteiger partial charge in [0.1, 0.15) is 0 Å². The van der Waals surface area contributed by atoms with Crippen molar-refractivity contribution in [3.8, 4) is 0 Å². The number of rotatable bonds is 5. The third-order valence-electron chi connectivity index (χ3n) is 3.73. The van der Waals surface area contributed by atoms with Crippen LogP contribution in [0.1, 0.15) is 33.6 Å². The highest BCUT2D eigenvalue weighted by atomic mass is 79.9. The average molecular weight is 366 g/mol. The van der Waals surface area contributed by atoms with Crippen molar-refractivity contribution in [1.29, 1.82) is 0 Å². The van der Waals surface area contributed by atoms with Gasteiger partial charge in [-0.05, 0) is 38.5 Å². The first-order valence-electron chi connectivity index (χ1n) is 7.28. The Labute approximate surface area is 137 Å². The number of hydrogen-bond donors (Lipinski definition) is 1. The smallest absolute Gasteiger partial charge is 0.261 e. The molecule has 0 radical (unpaired) electrons. The maximum absolute atomic E-state index is 12.4. The fourth-order valence-corrected chi connectivity index (χ4v) is 2.40. The van der Waals surface area contributed by atoms with E-state index in [-0.39, 0.29) is 23.4 Å². The summed E-state index contributed by atoms with van der Waals surface area (Å²) < 4.78 is 2.31. The molecule has 0 saturated carbocycles. The SMILES string of the molecule is CCC(C)(C)NC(=O)CCn1cnc2ccc(Br)cc2c1=O. The van der Waals surface area contributed by atoms with Crippen molar-refractivity contribution in [2.45, 2.75) is 45.7 Å². The molecule has 0 atom stereocenters. The van der Waals surface area contributed by atoms with E-state index in [1.54, 1.807) is 12.1 Å². The van der Waals surface area contributed by atoms with E-state index in [0.717, 1.165) is 10.9 Å². The van der Waals surface area contributed by atoms with E-state index in [4.69, 9.17) is 0 Å². The number of aromatic nitrogens is 2. The highest BCUT2D eigenvalue weighted by Gasteiger charge is 2.17. The second-order valence-corrected chi connectivity index (χ2v) is 6.86. The van der Waals surface area contributed by atoms with E-state index in [9.17, 15) is 9.59 Å². The zero-order valence-corrected chi connectivity index (χ0v) is 14.6. The van der Waals surface area contributed by atoms with Crippen LogP contribution in [0.25, 0.3) is 10.9 Å². The van der Waals surface area contributed by atoms with Crippen LogP contribution in [0.4, 0.5) is 0 Å². The molecule has 2 aromatic rings. The van der Waals surface area contributed by atoms with E-state index in [1.165, 1.54) is 10.9 Å². The predicted molar refractivity (Wildman–Crippen MR) is 90.8 cm³/mol. The van der Waals surface area contributed by atoms with Gasteiger partial charge in [0.25, 0.3) is 5.56 Å². The average Bonchev–Trinajstić information content (AvgIpc) is 2.47. The Bertz CT molecular complexity index is 753. The molecule has 0 fully saturated rings. The highest BCUT2D eigenvalue weighted by Crippen LogP contribution is 2.15. The van der Waals surface area contributed by atoms with Gasteiger partial charge in [0.05, 0.1) is 17.2 Å². The first-order valence-corrected chi connectivity index (χ1v) is 8.07. The standard InChI is InChI=1S/C16H20BrN3O2/c1-4-16(2,3)19-14(21)7-8-20-10-18-13-6-5-11(17)9-12(13)15(20)22/h5-6,9-10H,4,7-8H2,1-3H3,(H,19,21). The molecule has 118 valence electrons. The number of halogens is 1. The summed E-state index contributed by atoms with van der Waals surface area (Å²) in [6, 6.07) is 5.39. The van der Waals surface area contributed by atoms with Crippen molar-refractivity contribution < 1.29 is 4.79 Å². The van der Waals surface area contributed by atoms with E-state index in [2.05, 4.69) is 26.2 Å². The van der Waals surface area contributed by atoms with Crippen LogP contribution in [0.2, 0.25) is 0 Å². The summed E-state index contributed by atoms with van der Waals surface area (Å²) in [4.78, 5) is 28.6. The fraction of sp³-hybridized carbons (Fsp3) is 0.438. The molecule has 0 bridgehead atoms. The zero-order chi connectivity index (χ0) is 16.3. The van der Waals surface area contributed by atoms with E-state index in [1.807, 2.05) is 26.8 Å². The predicted octanol–water partition coefficient (Wildman–Crippen LogP) is 2.85. The molecule has 1 aromatic carbocycles. The van der Waals surface area contributed by atoms with Gasteiger partial charge in [-0.25, -0.2) is 4.98 Å². The van der Waals surface area contributed by atoms with Crippen molar-refractivity contribution >= 4 is 32.7 Å². The van der Waals surface area contributed by atoms with Crippen LogP contribution in [0.3, 0.4) is 0 Å². The molecule has 0 spiro atoms. The molecule has 22 heavy (non-hydrogen) atoms. The second kappa shape index (κ2) is 6.60. The van der Waals surface area contributed by atoms with Crippen molar-refractivity contribution in [1.82, 2.24) is 14.9 Å². The lowest BCUT2D eigenvalue weighted by molar-refractivity contribution is -0.122. The zero-order valence-electron chi connectivity index (χ0n) is 13.0. The van der Waals surface area contributed by atoms with Crippen LogP contribution >= 0.6 is 15.9 Å². The number of hydrogen-bond acceptors (Lipinski definition) is 3. The third kappa shape index (κ3) is 3.94. The maximum Gasteiger partial charge on any atom is 0.261 e. The molecule has 5 nitrogen and oxygen atoms in total. The molecule has 1 aromatic heterocycles. The molecular weight excluding hydrogens is 346 g/mol. The Hall–Kier alpha value is -1.69. The number of amides is 1. The topological polar surface area (TPSA) is 64.0 Å².